The second-order valence-corrected chi connectivity index (χ2v) is 5.32. The topological polar surface area (TPSA) is 46.8 Å². The third-order valence-corrected chi connectivity index (χ3v) is 3.64. The van der Waals surface area contributed by atoms with Crippen molar-refractivity contribution in [1.29, 1.82) is 0 Å². The van der Waals surface area contributed by atoms with Gasteiger partial charge in [-0.25, -0.2) is 0 Å². The molecule has 0 saturated carbocycles. The van der Waals surface area contributed by atoms with Crippen molar-refractivity contribution in [1.82, 2.24) is 25.1 Å². The van der Waals surface area contributed by atoms with Gasteiger partial charge in [-0.05, 0) is 47.9 Å². The first-order chi connectivity index (χ1) is 9.33. The predicted octanol–water partition coefficient (Wildman–Crippen LogP) is 1.89. The zero-order chi connectivity index (χ0) is 13.1. The van der Waals surface area contributed by atoms with Crippen LogP contribution in [-0.2, 0) is 6.54 Å². The molecule has 0 amide bonds. The lowest BCUT2D eigenvalue weighted by Crippen LogP contribution is -2.34. The van der Waals surface area contributed by atoms with Crippen LogP contribution in [0.1, 0.15) is 25.6 Å². The molecule has 1 aromatic heterocycles. The molecule has 1 atom stereocenters. The molecule has 100 valence electrons. The van der Waals surface area contributed by atoms with Crippen molar-refractivity contribution in [2.75, 3.05) is 13.1 Å². The summed E-state index contributed by atoms with van der Waals surface area (Å²) in [6, 6.07) is 10.1. The van der Waals surface area contributed by atoms with Crippen molar-refractivity contribution in [3.8, 4) is 5.69 Å². The first-order valence-electron chi connectivity index (χ1n) is 6.88. The highest BCUT2D eigenvalue weighted by Gasteiger charge is 2.19. The normalized spacial score (nSPS) is 20.6. The van der Waals surface area contributed by atoms with E-state index in [2.05, 4.69) is 27.3 Å². The van der Waals surface area contributed by atoms with E-state index in [1.807, 2.05) is 35.0 Å². The third-order valence-electron chi connectivity index (χ3n) is 3.64. The molecule has 2 aromatic rings. The standard InChI is InChI=1S/C14H19N5/c1-12-6-5-9-18(10-12)11-14-15-16-17-19(14)13-7-3-2-4-8-13/h2-4,7-8,12H,5-6,9-11H2,1H3/t12-/m0/s1. The van der Waals surface area contributed by atoms with Crippen LogP contribution in [0.4, 0.5) is 0 Å². The minimum absolute atomic E-state index is 0.773. The van der Waals surface area contributed by atoms with Crippen molar-refractivity contribution in [3.05, 3.63) is 36.2 Å². The Balaban J connectivity index is 1.77. The zero-order valence-corrected chi connectivity index (χ0v) is 11.2. The van der Waals surface area contributed by atoms with E-state index in [0.29, 0.717) is 0 Å². The Morgan fingerprint density at radius 2 is 2.11 bits per heavy atom. The fourth-order valence-electron chi connectivity index (χ4n) is 2.70. The van der Waals surface area contributed by atoms with Crippen molar-refractivity contribution in [2.45, 2.75) is 26.3 Å². The summed E-state index contributed by atoms with van der Waals surface area (Å²) in [5, 5.41) is 12.1. The monoisotopic (exact) mass is 257 g/mol. The lowest BCUT2D eigenvalue weighted by atomic mass is 10.0. The summed E-state index contributed by atoms with van der Waals surface area (Å²) in [5.41, 5.74) is 1.02. The van der Waals surface area contributed by atoms with E-state index in [1.165, 1.54) is 12.8 Å². The van der Waals surface area contributed by atoms with Gasteiger partial charge in [-0.2, -0.15) is 4.68 Å². The van der Waals surface area contributed by atoms with E-state index in [0.717, 1.165) is 37.1 Å². The summed E-state index contributed by atoms with van der Waals surface area (Å²) < 4.78 is 1.83. The molecule has 0 aliphatic carbocycles. The summed E-state index contributed by atoms with van der Waals surface area (Å²) in [7, 11) is 0. The molecule has 19 heavy (non-hydrogen) atoms. The smallest absolute Gasteiger partial charge is 0.170 e. The highest BCUT2D eigenvalue weighted by Crippen LogP contribution is 2.17. The summed E-state index contributed by atoms with van der Waals surface area (Å²) in [6.45, 7) is 5.42. The Labute approximate surface area is 113 Å². The number of nitrogens with zero attached hydrogens (tertiary/aromatic N) is 5. The second-order valence-electron chi connectivity index (χ2n) is 5.32. The van der Waals surface area contributed by atoms with Crippen molar-refractivity contribution >= 4 is 0 Å². The number of rotatable bonds is 3. The minimum atomic E-state index is 0.773. The summed E-state index contributed by atoms with van der Waals surface area (Å²) >= 11 is 0. The van der Waals surface area contributed by atoms with Gasteiger partial charge in [0.15, 0.2) is 5.82 Å². The van der Waals surface area contributed by atoms with Gasteiger partial charge in [0.25, 0.3) is 0 Å². The van der Waals surface area contributed by atoms with Gasteiger partial charge in [0.05, 0.1) is 12.2 Å². The van der Waals surface area contributed by atoms with Crippen LogP contribution in [0.5, 0.6) is 0 Å². The van der Waals surface area contributed by atoms with Crippen LogP contribution in [0.2, 0.25) is 0 Å². The SMILES string of the molecule is C[C@H]1CCCN(Cc2nnnn2-c2ccccc2)C1. The molecular formula is C14H19N5. The number of piperidine rings is 1. The van der Waals surface area contributed by atoms with Gasteiger partial charge >= 0.3 is 0 Å². The molecule has 1 aromatic carbocycles. The van der Waals surface area contributed by atoms with Crippen LogP contribution < -0.4 is 0 Å². The van der Waals surface area contributed by atoms with Crippen molar-refractivity contribution < 1.29 is 0 Å². The van der Waals surface area contributed by atoms with E-state index >= 15 is 0 Å². The predicted molar refractivity (Wildman–Crippen MR) is 72.8 cm³/mol. The van der Waals surface area contributed by atoms with Gasteiger partial charge in [0.1, 0.15) is 0 Å². The molecule has 0 bridgehead atoms. The van der Waals surface area contributed by atoms with Crippen molar-refractivity contribution in [2.24, 2.45) is 5.92 Å². The molecule has 5 nitrogen and oxygen atoms in total. The molecule has 0 N–H and O–H groups in total. The summed E-state index contributed by atoms with van der Waals surface area (Å²) in [6.07, 6.45) is 2.61. The Morgan fingerprint density at radius 1 is 1.26 bits per heavy atom. The Hall–Kier alpha value is -1.75. The number of hydrogen-bond donors (Lipinski definition) is 0. The Bertz CT molecular complexity index is 522. The molecule has 0 spiro atoms. The van der Waals surface area contributed by atoms with Crippen LogP contribution in [0, 0.1) is 5.92 Å². The van der Waals surface area contributed by atoms with Gasteiger partial charge in [-0.3, -0.25) is 4.90 Å². The number of likely N-dealkylation sites (tertiary alicyclic amines) is 1. The van der Waals surface area contributed by atoms with E-state index in [1.54, 1.807) is 0 Å². The Kier molecular flexibility index (Phi) is 3.55. The molecule has 1 aliphatic rings. The van der Waals surface area contributed by atoms with Crippen molar-refractivity contribution in [3.63, 3.8) is 0 Å². The number of benzene rings is 1. The maximum Gasteiger partial charge on any atom is 0.170 e. The summed E-state index contributed by atoms with van der Waals surface area (Å²) in [5.74, 6) is 1.69. The molecule has 2 heterocycles. The van der Waals surface area contributed by atoms with Crippen LogP contribution >= 0.6 is 0 Å². The first kappa shape index (κ1) is 12.3. The van der Waals surface area contributed by atoms with Gasteiger partial charge in [-0.15, -0.1) is 5.10 Å². The molecule has 0 radical (unpaired) electrons. The number of aromatic nitrogens is 4. The minimum Gasteiger partial charge on any atom is -0.296 e. The average molecular weight is 257 g/mol. The molecule has 1 saturated heterocycles. The van der Waals surface area contributed by atoms with Gasteiger partial charge in [-0.1, -0.05) is 25.1 Å². The molecule has 5 heteroatoms. The second kappa shape index (κ2) is 5.48. The lowest BCUT2D eigenvalue weighted by molar-refractivity contribution is 0.171. The molecule has 0 unspecified atom stereocenters. The molecule has 3 rings (SSSR count). The van der Waals surface area contributed by atoms with Gasteiger partial charge < -0.3 is 0 Å². The van der Waals surface area contributed by atoms with Crippen LogP contribution in [-0.4, -0.2) is 38.2 Å². The van der Waals surface area contributed by atoms with E-state index < -0.39 is 0 Å². The Morgan fingerprint density at radius 3 is 2.89 bits per heavy atom. The quantitative estimate of drug-likeness (QED) is 0.842. The molecule has 1 fully saturated rings. The first-order valence-corrected chi connectivity index (χ1v) is 6.88. The zero-order valence-electron chi connectivity index (χ0n) is 11.2. The summed E-state index contributed by atoms with van der Waals surface area (Å²) in [4.78, 5) is 2.44. The van der Waals surface area contributed by atoms with Crippen LogP contribution in [0.3, 0.4) is 0 Å². The maximum absolute atomic E-state index is 4.17. The maximum atomic E-state index is 4.17. The van der Waals surface area contributed by atoms with E-state index in [-0.39, 0.29) is 0 Å². The number of tetrazole rings is 1. The molecule has 1 aliphatic heterocycles. The fourth-order valence-corrected chi connectivity index (χ4v) is 2.70. The highest BCUT2D eigenvalue weighted by atomic mass is 15.5. The van der Waals surface area contributed by atoms with E-state index in [9.17, 15) is 0 Å². The fraction of sp³-hybridized carbons (Fsp3) is 0.500. The molecular weight excluding hydrogens is 238 g/mol. The highest BCUT2D eigenvalue weighted by molar-refractivity contribution is 5.30. The van der Waals surface area contributed by atoms with Crippen LogP contribution in [0.15, 0.2) is 30.3 Å². The van der Waals surface area contributed by atoms with Gasteiger partial charge in [0.2, 0.25) is 0 Å². The number of para-hydroxylation sites is 1. The van der Waals surface area contributed by atoms with Crippen LogP contribution in [0.25, 0.3) is 5.69 Å². The van der Waals surface area contributed by atoms with Gasteiger partial charge in [0, 0.05) is 6.54 Å². The largest absolute Gasteiger partial charge is 0.296 e. The lowest BCUT2D eigenvalue weighted by Gasteiger charge is -2.30. The van der Waals surface area contributed by atoms with E-state index in [4.69, 9.17) is 0 Å². The third kappa shape index (κ3) is 2.81. The average Bonchev–Trinajstić information content (AvgIpc) is 2.88. The number of hydrogen-bond acceptors (Lipinski definition) is 4.